The van der Waals surface area contributed by atoms with Crippen LogP contribution in [0.25, 0.3) is 0 Å². The van der Waals surface area contributed by atoms with E-state index in [2.05, 4.69) is 19.2 Å². The summed E-state index contributed by atoms with van der Waals surface area (Å²) in [6.45, 7) is 9.69. The van der Waals surface area contributed by atoms with Crippen LogP contribution in [0.5, 0.6) is 11.5 Å². The number of carboxylic acid groups (broad SMARTS) is 3. The number of benzene rings is 1. The summed E-state index contributed by atoms with van der Waals surface area (Å²) in [5.41, 5.74) is 4.83. The van der Waals surface area contributed by atoms with Crippen molar-refractivity contribution < 1.29 is 93.3 Å². The molecular weight excluding hydrogens is 705 g/mol. The summed E-state index contributed by atoms with van der Waals surface area (Å²) in [5, 5.41) is 49.4. The normalized spacial score (nSPS) is 14.3. The van der Waals surface area contributed by atoms with Gasteiger partial charge in [0.15, 0.2) is 17.1 Å². The molecule has 2 amide bonds. The van der Waals surface area contributed by atoms with E-state index in [1.807, 2.05) is 32.0 Å². The van der Waals surface area contributed by atoms with Crippen molar-refractivity contribution in [3.05, 3.63) is 23.8 Å². The average Bonchev–Trinajstić information content (AvgIpc) is 3.04. The number of nitrogens with two attached hydrogens (primary N) is 1. The maximum Gasteiger partial charge on any atom is 1.00 e. The number of methoxy groups -OCH3 is 2. The Balaban J connectivity index is 0. The number of amides is 2. The van der Waals surface area contributed by atoms with E-state index in [-0.39, 0.29) is 72.6 Å². The fourth-order valence-electron chi connectivity index (χ4n) is 5.21. The van der Waals surface area contributed by atoms with Crippen LogP contribution in [0.15, 0.2) is 18.2 Å². The molecule has 0 radical (unpaired) electrons. The van der Waals surface area contributed by atoms with E-state index in [9.17, 15) is 34.2 Å². The van der Waals surface area contributed by atoms with Gasteiger partial charge in [0, 0.05) is 71.5 Å². The van der Waals surface area contributed by atoms with Crippen LogP contribution in [0, 0.1) is 23.7 Å². The molecule has 0 heterocycles. The number of ether oxygens (including phenoxy) is 3. The topological polar surface area (TPSA) is 258 Å². The molecule has 0 aliphatic carbocycles. The maximum atomic E-state index is 12.8. The first kappa shape index (κ1) is 52.1. The summed E-state index contributed by atoms with van der Waals surface area (Å²) in [4.78, 5) is 56.5. The Morgan fingerprint density at radius 1 is 0.962 bits per heavy atom. The minimum atomic E-state index is -2.80. The Bertz CT molecular complexity index is 1260. The average molecular weight is 766 g/mol. The molecular formula is C36H60N3NaO13. The third-order valence-corrected chi connectivity index (χ3v) is 8.54. The van der Waals surface area contributed by atoms with Crippen LogP contribution in [0.2, 0.25) is 0 Å². The zero-order chi connectivity index (χ0) is 40.2. The first-order valence-corrected chi connectivity index (χ1v) is 17.3. The van der Waals surface area contributed by atoms with Crippen LogP contribution in [0.3, 0.4) is 0 Å². The molecule has 1 aromatic rings. The molecule has 1 unspecified atom stereocenters. The van der Waals surface area contributed by atoms with Crippen LogP contribution in [-0.4, -0.2) is 121 Å². The second-order valence-corrected chi connectivity index (χ2v) is 13.7. The van der Waals surface area contributed by atoms with Crippen LogP contribution in [0.4, 0.5) is 0 Å². The third kappa shape index (κ3) is 20.9. The van der Waals surface area contributed by atoms with Gasteiger partial charge in [0.05, 0.1) is 26.2 Å². The second-order valence-electron chi connectivity index (χ2n) is 13.7. The van der Waals surface area contributed by atoms with Gasteiger partial charge in [-0.05, 0) is 54.7 Å². The number of nitrogens with one attached hydrogen (secondary N) is 1. The predicted octanol–water partition coefficient (Wildman–Crippen LogP) is -2.32. The number of carboxylic acids is 3. The van der Waals surface area contributed by atoms with Gasteiger partial charge < -0.3 is 60.5 Å². The molecule has 7 N–H and O–H groups in total. The Morgan fingerprint density at radius 3 is 2.06 bits per heavy atom. The van der Waals surface area contributed by atoms with E-state index in [4.69, 9.17) is 35.3 Å². The van der Waals surface area contributed by atoms with Gasteiger partial charge in [-0.2, -0.15) is 0 Å². The number of rotatable bonds is 24. The zero-order valence-corrected chi connectivity index (χ0v) is 34.8. The second kappa shape index (κ2) is 26.7. The minimum Gasteiger partial charge on any atom is -0.550 e. The molecule has 298 valence electrons. The first-order chi connectivity index (χ1) is 24.2. The van der Waals surface area contributed by atoms with Gasteiger partial charge >= 0.3 is 41.5 Å². The smallest absolute Gasteiger partial charge is 0.550 e. The predicted molar refractivity (Wildman–Crippen MR) is 189 cm³/mol. The van der Waals surface area contributed by atoms with Gasteiger partial charge in [0.25, 0.3) is 0 Å². The fourth-order valence-corrected chi connectivity index (χ4v) is 5.21. The molecule has 0 spiro atoms. The summed E-state index contributed by atoms with van der Waals surface area (Å²) in [6.07, 6.45) is -0.543. The molecule has 17 heteroatoms. The van der Waals surface area contributed by atoms with Crippen molar-refractivity contribution in [2.75, 3.05) is 48.1 Å². The summed E-state index contributed by atoms with van der Waals surface area (Å²) in [5.74, 6) is -3.93. The number of carbonyl (C=O) groups is 5. The molecule has 0 aliphatic rings. The number of aliphatic carboxylic acids is 3. The largest absolute Gasteiger partial charge is 1.00 e. The molecule has 5 atom stereocenters. The number of aliphatic hydroxyl groups excluding tert-OH is 1. The van der Waals surface area contributed by atoms with E-state index < -0.39 is 54.4 Å². The quantitative estimate of drug-likeness (QED) is 0.0477. The van der Waals surface area contributed by atoms with Gasteiger partial charge in [-0.1, -0.05) is 33.8 Å². The summed E-state index contributed by atoms with van der Waals surface area (Å²) >= 11 is 0. The maximum absolute atomic E-state index is 12.8. The molecule has 0 aliphatic heterocycles. The standard InChI is InChI=1S/C30H53N3O6.C6H8O7.Na/c1-20(2)23(16-22-10-11-27(38-8)28(17-22)39-15-9-14-37-7)18-25(31)26(34)19-24(21(3)4)30(36)32-13-12-29(35)33(5)6;7-3(8)1-6(13,5(11)12)2-4(9)10;/h10-11,17,20-21,23-26,34H,9,12-16,18-19,31H2,1-8H3,(H,32,36);13H,1-2H2,(H,7,8)(H,9,10)(H,11,12);/q;;+1/p-1/t23-,24-,25-,26-;;/m0../s1. The number of hydrogen-bond acceptors (Lipinski definition) is 12. The van der Waals surface area contributed by atoms with E-state index in [1.54, 1.807) is 28.3 Å². The molecule has 0 bridgehead atoms. The Kier molecular flexibility index (Phi) is 26.3. The van der Waals surface area contributed by atoms with Crippen LogP contribution in [-0.2, 0) is 35.1 Å². The van der Waals surface area contributed by atoms with Gasteiger partial charge in [-0.25, -0.2) is 4.79 Å². The van der Waals surface area contributed by atoms with E-state index in [0.29, 0.717) is 37.1 Å². The van der Waals surface area contributed by atoms with Crippen molar-refractivity contribution >= 4 is 29.7 Å². The van der Waals surface area contributed by atoms with Crippen LogP contribution >= 0.6 is 0 Å². The van der Waals surface area contributed by atoms with Crippen molar-refractivity contribution in [2.24, 2.45) is 29.4 Å². The van der Waals surface area contributed by atoms with Gasteiger partial charge in [0.2, 0.25) is 11.8 Å². The van der Waals surface area contributed by atoms with E-state index in [0.717, 1.165) is 18.4 Å². The molecule has 1 aromatic carbocycles. The molecule has 1 rings (SSSR count). The van der Waals surface area contributed by atoms with Crippen molar-refractivity contribution in [2.45, 2.75) is 90.4 Å². The van der Waals surface area contributed by atoms with Crippen molar-refractivity contribution in [3.8, 4) is 11.5 Å². The Morgan fingerprint density at radius 2 is 1.58 bits per heavy atom. The Hall–Kier alpha value is -2.99. The van der Waals surface area contributed by atoms with E-state index in [1.165, 1.54) is 4.90 Å². The van der Waals surface area contributed by atoms with Crippen molar-refractivity contribution in [1.82, 2.24) is 10.2 Å². The van der Waals surface area contributed by atoms with Gasteiger partial charge in [-0.15, -0.1) is 0 Å². The zero-order valence-electron chi connectivity index (χ0n) is 32.8. The van der Waals surface area contributed by atoms with Gasteiger partial charge in [0.1, 0.15) is 0 Å². The van der Waals surface area contributed by atoms with Crippen LogP contribution < -0.4 is 55.2 Å². The molecule has 0 saturated carbocycles. The van der Waals surface area contributed by atoms with Crippen LogP contribution in [0.1, 0.15) is 71.8 Å². The minimum absolute atomic E-state index is 0. The molecule has 16 nitrogen and oxygen atoms in total. The number of aliphatic hydroxyl groups is 2. The molecule has 53 heavy (non-hydrogen) atoms. The summed E-state index contributed by atoms with van der Waals surface area (Å²) in [6, 6.07) is 5.51. The molecule has 0 fully saturated rings. The summed E-state index contributed by atoms with van der Waals surface area (Å²) in [7, 11) is 6.68. The SMILES string of the molecule is COCCCOc1cc(C[C@@H](C[C@H](N)[C@@H](O)C[C@H](C(=O)NCCC(=O)N(C)C)C(C)C)C(C)C)ccc1OC.O=C([O-])CC(O)(CC(=O)O)C(=O)O.[Na+]. The monoisotopic (exact) mass is 765 g/mol. The number of nitrogens with zero attached hydrogens (tertiary/aromatic N) is 1. The first-order valence-electron chi connectivity index (χ1n) is 17.3. The Labute approximate surface area is 335 Å². The van der Waals surface area contributed by atoms with E-state index >= 15 is 0 Å². The van der Waals surface area contributed by atoms with Crippen molar-refractivity contribution in [1.29, 1.82) is 0 Å². The molecule has 0 saturated heterocycles. The summed E-state index contributed by atoms with van der Waals surface area (Å²) < 4.78 is 16.5. The fraction of sp³-hybridized carbons (Fsp3) is 0.694. The number of carbonyl (C=O) groups excluding carboxylic acids is 3. The van der Waals surface area contributed by atoms with Gasteiger partial charge in [-0.3, -0.25) is 14.4 Å². The third-order valence-electron chi connectivity index (χ3n) is 8.54. The molecule has 0 aromatic heterocycles. The number of hydrogen-bond donors (Lipinski definition) is 6. The van der Waals surface area contributed by atoms with Crippen molar-refractivity contribution in [3.63, 3.8) is 0 Å².